The molecule has 0 saturated carbocycles. The zero-order valence-electron chi connectivity index (χ0n) is 7.04. The van der Waals surface area contributed by atoms with Crippen LogP contribution in [0.5, 0.6) is 5.75 Å². The van der Waals surface area contributed by atoms with E-state index in [9.17, 15) is 8.78 Å². The van der Waals surface area contributed by atoms with E-state index in [1.54, 1.807) is 0 Å². The second kappa shape index (κ2) is 4.71. The van der Waals surface area contributed by atoms with E-state index in [0.29, 0.717) is 12.2 Å². The van der Waals surface area contributed by atoms with Gasteiger partial charge in [0, 0.05) is 13.3 Å². The highest BCUT2D eigenvalue weighted by Crippen LogP contribution is 2.14. The van der Waals surface area contributed by atoms with Gasteiger partial charge >= 0.3 is 6.61 Å². The first-order valence-corrected chi connectivity index (χ1v) is 3.60. The van der Waals surface area contributed by atoms with Crippen molar-refractivity contribution in [2.24, 2.45) is 0 Å². The molecule has 0 atom stereocenters. The highest BCUT2D eigenvalue weighted by Gasteiger charge is 2.04. The lowest BCUT2D eigenvalue weighted by Crippen LogP contribution is -2.02. The first-order valence-electron chi connectivity index (χ1n) is 3.60. The molecule has 0 spiro atoms. The smallest absolute Gasteiger partial charge is 0.387 e. The van der Waals surface area contributed by atoms with Gasteiger partial charge in [0.05, 0.1) is 12.8 Å². The van der Waals surface area contributed by atoms with Crippen molar-refractivity contribution in [2.75, 3.05) is 7.11 Å². The highest BCUT2D eigenvalue weighted by atomic mass is 19.3. The predicted molar refractivity (Wildman–Crippen MR) is 41.6 cm³/mol. The number of halogens is 2. The van der Waals surface area contributed by atoms with E-state index in [0.717, 1.165) is 0 Å². The third-order valence-electron chi connectivity index (χ3n) is 1.31. The summed E-state index contributed by atoms with van der Waals surface area (Å²) in [6, 6.07) is 1.46. The van der Waals surface area contributed by atoms with Gasteiger partial charge in [0.25, 0.3) is 0 Å². The number of alkyl halides is 2. The van der Waals surface area contributed by atoms with Crippen molar-refractivity contribution in [1.82, 2.24) is 4.98 Å². The van der Waals surface area contributed by atoms with E-state index in [-0.39, 0.29) is 5.75 Å². The first-order chi connectivity index (χ1) is 6.22. The number of aromatic nitrogens is 1. The molecule has 1 heterocycles. The summed E-state index contributed by atoms with van der Waals surface area (Å²) in [5, 5.41) is 0. The third kappa shape index (κ3) is 3.33. The summed E-state index contributed by atoms with van der Waals surface area (Å²) < 4.78 is 32.5. The molecule has 0 amide bonds. The van der Waals surface area contributed by atoms with Gasteiger partial charge in [0.1, 0.15) is 5.75 Å². The SMILES string of the molecule is COCc1cncc(OC(F)F)c1. The van der Waals surface area contributed by atoms with Crippen molar-refractivity contribution in [3.63, 3.8) is 0 Å². The number of nitrogens with zero attached hydrogens (tertiary/aromatic N) is 1. The Bertz CT molecular complexity index is 268. The largest absolute Gasteiger partial charge is 0.433 e. The molecule has 0 aliphatic rings. The first kappa shape index (κ1) is 9.85. The number of rotatable bonds is 4. The molecule has 0 N–H and O–H groups in total. The van der Waals surface area contributed by atoms with Gasteiger partial charge in [0.15, 0.2) is 0 Å². The van der Waals surface area contributed by atoms with Crippen molar-refractivity contribution in [1.29, 1.82) is 0 Å². The normalized spacial score (nSPS) is 10.5. The molecule has 3 nitrogen and oxygen atoms in total. The average Bonchev–Trinajstić information content (AvgIpc) is 2.04. The van der Waals surface area contributed by atoms with E-state index >= 15 is 0 Å². The van der Waals surface area contributed by atoms with Crippen molar-refractivity contribution in [2.45, 2.75) is 13.2 Å². The third-order valence-corrected chi connectivity index (χ3v) is 1.31. The Morgan fingerprint density at radius 3 is 2.85 bits per heavy atom. The monoisotopic (exact) mass is 189 g/mol. The van der Waals surface area contributed by atoms with Gasteiger partial charge in [-0.2, -0.15) is 8.78 Å². The van der Waals surface area contributed by atoms with E-state index in [4.69, 9.17) is 4.74 Å². The molecule has 1 aromatic rings. The molecule has 1 aromatic heterocycles. The van der Waals surface area contributed by atoms with Crippen molar-refractivity contribution < 1.29 is 18.3 Å². The molecular weight excluding hydrogens is 180 g/mol. The van der Waals surface area contributed by atoms with Gasteiger partial charge in [-0.3, -0.25) is 4.98 Å². The molecule has 0 unspecified atom stereocenters. The van der Waals surface area contributed by atoms with Gasteiger partial charge in [-0.15, -0.1) is 0 Å². The minimum atomic E-state index is -2.82. The van der Waals surface area contributed by atoms with E-state index in [2.05, 4.69) is 9.72 Å². The summed E-state index contributed by atoms with van der Waals surface area (Å²) in [5.41, 5.74) is 0.695. The second-order valence-corrected chi connectivity index (χ2v) is 2.34. The molecular formula is C8H9F2NO2. The van der Waals surface area contributed by atoms with Gasteiger partial charge in [-0.1, -0.05) is 0 Å². The molecule has 0 aromatic carbocycles. The standard InChI is InChI=1S/C8H9F2NO2/c1-12-5-6-2-7(4-11-3-6)13-8(9)10/h2-4,8H,5H2,1H3. The van der Waals surface area contributed by atoms with Gasteiger partial charge in [0.2, 0.25) is 0 Å². The summed E-state index contributed by atoms with van der Waals surface area (Å²) >= 11 is 0. The van der Waals surface area contributed by atoms with Gasteiger partial charge in [-0.05, 0) is 11.6 Å². The Morgan fingerprint density at radius 2 is 2.23 bits per heavy atom. The molecule has 0 aliphatic heterocycles. The van der Waals surface area contributed by atoms with Crippen LogP contribution >= 0.6 is 0 Å². The maximum absolute atomic E-state index is 11.8. The Morgan fingerprint density at radius 1 is 1.46 bits per heavy atom. The quantitative estimate of drug-likeness (QED) is 0.724. The van der Waals surface area contributed by atoms with Crippen LogP contribution in [0.25, 0.3) is 0 Å². The van der Waals surface area contributed by atoms with Crippen molar-refractivity contribution in [3.05, 3.63) is 24.0 Å². The Kier molecular flexibility index (Phi) is 3.57. The molecule has 0 fully saturated rings. The molecule has 1 rings (SSSR count). The van der Waals surface area contributed by atoms with Crippen molar-refractivity contribution in [3.8, 4) is 5.75 Å². The zero-order valence-corrected chi connectivity index (χ0v) is 7.04. The summed E-state index contributed by atoms with van der Waals surface area (Å²) in [5.74, 6) is 0.0459. The zero-order chi connectivity index (χ0) is 9.68. The van der Waals surface area contributed by atoms with E-state index in [1.165, 1.54) is 25.6 Å². The van der Waals surface area contributed by atoms with Crippen LogP contribution in [0.4, 0.5) is 8.78 Å². The highest BCUT2D eigenvalue weighted by molar-refractivity contribution is 5.22. The molecule has 72 valence electrons. The van der Waals surface area contributed by atoms with Gasteiger partial charge < -0.3 is 9.47 Å². The maximum atomic E-state index is 11.8. The van der Waals surface area contributed by atoms with Crippen LogP contribution in [0.2, 0.25) is 0 Å². The minimum Gasteiger partial charge on any atom is -0.433 e. The van der Waals surface area contributed by atoms with Crippen molar-refractivity contribution >= 4 is 0 Å². The number of hydrogen-bond donors (Lipinski definition) is 0. The Balaban J connectivity index is 2.67. The second-order valence-electron chi connectivity index (χ2n) is 2.34. The fourth-order valence-corrected chi connectivity index (χ4v) is 0.877. The summed E-state index contributed by atoms with van der Waals surface area (Å²) in [7, 11) is 1.51. The van der Waals surface area contributed by atoms with E-state index in [1.807, 2.05) is 0 Å². The minimum absolute atomic E-state index is 0.0459. The van der Waals surface area contributed by atoms with Crippen LogP contribution in [-0.2, 0) is 11.3 Å². The average molecular weight is 189 g/mol. The Hall–Kier alpha value is -1.23. The molecule has 0 bridgehead atoms. The van der Waals surface area contributed by atoms with Crippen LogP contribution in [0.15, 0.2) is 18.5 Å². The number of ether oxygens (including phenoxy) is 2. The van der Waals surface area contributed by atoms with Gasteiger partial charge in [-0.25, -0.2) is 0 Å². The topological polar surface area (TPSA) is 31.4 Å². The van der Waals surface area contributed by atoms with Crippen LogP contribution < -0.4 is 4.74 Å². The van der Waals surface area contributed by atoms with Crippen LogP contribution in [0.1, 0.15) is 5.56 Å². The molecule has 5 heteroatoms. The summed E-state index contributed by atoms with van der Waals surface area (Å²) in [4.78, 5) is 3.72. The molecule has 13 heavy (non-hydrogen) atoms. The van der Waals surface area contributed by atoms with Crippen LogP contribution in [0, 0.1) is 0 Å². The molecule has 0 radical (unpaired) electrons. The number of pyridine rings is 1. The summed E-state index contributed by atoms with van der Waals surface area (Å²) in [6.45, 7) is -2.49. The van der Waals surface area contributed by atoms with Crippen LogP contribution in [-0.4, -0.2) is 18.7 Å². The maximum Gasteiger partial charge on any atom is 0.387 e. The number of hydrogen-bond acceptors (Lipinski definition) is 3. The lowest BCUT2D eigenvalue weighted by Gasteiger charge is -2.04. The lowest BCUT2D eigenvalue weighted by atomic mass is 10.3. The Labute approximate surface area is 74.3 Å². The lowest BCUT2D eigenvalue weighted by molar-refractivity contribution is -0.0501. The predicted octanol–water partition coefficient (Wildman–Crippen LogP) is 1.83. The fraction of sp³-hybridized carbons (Fsp3) is 0.375. The number of methoxy groups -OCH3 is 1. The molecule has 0 aliphatic carbocycles. The fourth-order valence-electron chi connectivity index (χ4n) is 0.877. The molecule has 0 saturated heterocycles. The van der Waals surface area contributed by atoms with E-state index < -0.39 is 6.61 Å². The van der Waals surface area contributed by atoms with Crippen LogP contribution in [0.3, 0.4) is 0 Å². The summed E-state index contributed by atoms with van der Waals surface area (Å²) in [6.07, 6.45) is 2.76.